The Morgan fingerprint density at radius 3 is 2.89 bits per heavy atom. The van der Waals surface area contributed by atoms with Crippen molar-refractivity contribution in [3.05, 3.63) is 23.8 Å². The molecule has 0 unspecified atom stereocenters. The highest BCUT2D eigenvalue weighted by atomic mass is 16.5. The first-order valence-electron chi connectivity index (χ1n) is 7.43. The van der Waals surface area contributed by atoms with Crippen LogP contribution in [-0.2, 0) is 4.74 Å². The van der Waals surface area contributed by atoms with E-state index in [9.17, 15) is 0 Å². The summed E-state index contributed by atoms with van der Waals surface area (Å²) in [6.45, 7) is 6.30. The van der Waals surface area contributed by atoms with Gasteiger partial charge in [-0.3, -0.25) is 14.9 Å². The molecule has 0 aromatic carbocycles. The van der Waals surface area contributed by atoms with Crippen molar-refractivity contribution in [1.29, 1.82) is 0 Å². The van der Waals surface area contributed by atoms with Crippen LogP contribution in [0.4, 0.5) is 0 Å². The summed E-state index contributed by atoms with van der Waals surface area (Å²) in [7, 11) is 0. The Kier molecular flexibility index (Phi) is 4.09. The highest BCUT2D eigenvalue weighted by molar-refractivity contribution is 5.08. The van der Waals surface area contributed by atoms with Gasteiger partial charge >= 0.3 is 0 Å². The van der Waals surface area contributed by atoms with E-state index in [-0.39, 0.29) is 0 Å². The number of nitrogens with zero attached hydrogens (tertiary/aromatic N) is 3. The molecular weight excluding hydrogens is 238 g/mol. The van der Waals surface area contributed by atoms with Crippen molar-refractivity contribution in [3.8, 4) is 0 Å². The maximum Gasteiger partial charge on any atom is 0.0761 e. The maximum absolute atomic E-state index is 5.45. The minimum atomic E-state index is 0.482. The minimum Gasteiger partial charge on any atom is -0.381 e. The van der Waals surface area contributed by atoms with Crippen LogP contribution in [0.5, 0.6) is 0 Å². The zero-order valence-electron chi connectivity index (χ0n) is 11.7. The van der Waals surface area contributed by atoms with Crippen LogP contribution in [0.1, 0.15) is 43.1 Å². The Bertz CT molecular complexity index is 418. The van der Waals surface area contributed by atoms with E-state index >= 15 is 0 Å². The molecule has 2 aliphatic rings. The van der Waals surface area contributed by atoms with Crippen molar-refractivity contribution in [3.63, 3.8) is 0 Å². The van der Waals surface area contributed by atoms with E-state index in [1.807, 2.05) is 19.3 Å². The average Bonchev–Trinajstić information content (AvgIpc) is 2.88. The summed E-state index contributed by atoms with van der Waals surface area (Å²) in [5, 5.41) is 0. The fraction of sp³-hybridized carbons (Fsp3) is 0.733. The first kappa shape index (κ1) is 13.0. The normalized spacial score (nSPS) is 25.8. The van der Waals surface area contributed by atoms with E-state index in [0.29, 0.717) is 6.04 Å². The van der Waals surface area contributed by atoms with Gasteiger partial charge in [-0.1, -0.05) is 0 Å². The second-order valence-electron chi connectivity index (χ2n) is 5.79. The van der Waals surface area contributed by atoms with E-state index in [4.69, 9.17) is 4.74 Å². The van der Waals surface area contributed by atoms with Gasteiger partial charge in [-0.15, -0.1) is 0 Å². The number of rotatable bonds is 3. The molecule has 0 spiro atoms. The Labute approximate surface area is 115 Å². The van der Waals surface area contributed by atoms with Crippen LogP contribution < -0.4 is 0 Å². The number of likely N-dealkylation sites (tertiary alicyclic amines) is 1. The lowest BCUT2D eigenvalue weighted by Gasteiger charge is -2.30. The van der Waals surface area contributed by atoms with Crippen molar-refractivity contribution in [1.82, 2.24) is 14.9 Å². The van der Waals surface area contributed by atoms with E-state index in [2.05, 4.69) is 14.9 Å². The lowest BCUT2D eigenvalue weighted by molar-refractivity contribution is 0.0504. The van der Waals surface area contributed by atoms with Gasteiger partial charge < -0.3 is 4.74 Å². The number of ether oxygens (including phenoxy) is 1. The number of aryl methyl sites for hydroxylation is 1. The van der Waals surface area contributed by atoms with E-state index in [1.54, 1.807) is 0 Å². The molecule has 2 saturated heterocycles. The van der Waals surface area contributed by atoms with Gasteiger partial charge in [0, 0.05) is 32.2 Å². The van der Waals surface area contributed by atoms with Gasteiger partial charge in [-0.05, 0) is 45.1 Å². The third-order valence-electron chi connectivity index (χ3n) is 4.31. The molecule has 4 heteroatoms. The van der Waals surface area contributed by atoms with Crippen molar-refractivity contribution in [2.24, 2.45) is 5.92 Å². The Morgan fingerprint density at radius 1 is 1.26 bits per heavy atom. The van der Waals surface area contributed by atoms with Crippen LogP contribution in [0.15, 0.2) is 12.4 Å². The molecule has 0 amide bonds. The van der Waals surface area contributed by atoms with Crippen LogP contribution in [0, 0.1) is 12.8 Å². The summed E-state index contributed by atoms with van der Waals surface area (Å²) in [5.74, 6) is 0.798. The Morgan fingerprint density at radius 2 is 2.11 bits per heavy atom. The molecule has 0 aliphatic carbocycles. The summed E-state index contributed by atoms with van der Waals surface area (Å²) < 4.78 is 5.45. The van der Waals surface area contributed by atoms with Gasteiger partial charge in [0.05, 0.1) is 17.4 Å². The van der Waals surface area contributed by atoms with Gasteiger partial charge in [-0.25, -0.2) is 0 Å². The van der Waals surface area contributed by atoms with Crippen LogP contribution >= 0.6 is 0 Å². The fourth-order valence-corrected chi connectivity index (χ4v) is 3.28. The number of hydrogen-bond donors (Lipinski definition) is 0. The monoisotopic (exact) mass is 261 g/mol. The van der Waals surface area contributed by atoms with Crippen LogP contribution in [0.2, 0.25) is 0 Å². The number of aromatic nitrogens is 2. The highest BCUT2D eigenvalue weighted by Crippen LogP contribution is 2.32. The molecule has 2 fully saturated rings. The Hall–Kier alpha value is -1.00. The van der Waals surface area contributed by atoms with E-state index in [0.717, 1.165) is 30.5 Å². The third kappa shape index (κ3) is 3.12. The van der Waals surface area contributed by atoms with Crippen molar-refractivity contribution >= 4 is 0 Å². The molecule has 0 saturated carbocycles. The molecule has 0 N–H and O–H groups in total. The summed E-state index contributed by atoms with van der Waals surface area (Å²) in [6.07, 6.45) is 8.71. The van der Waals surface area contributed by atoms with E-state index in [1.165, 1.54) is 38.8 Å². The Balaban J connectivity index is 1.67. The van der Waals surface area contributed by atoms with Gasteiger partial charge in [0.25, 0.3) is 0 Å². The molecule has 0 radical (unpaired) electrons. The largest absolute Gasteiger partial charge is 0.381 e. The van der Waals surface area contributed by atoms with Gasteiger partial charge in [0.15, 0.2) is 0 Å². The molecule has 3 heterocycles. The molecule has 1 aromatic heterocycles. The van der Waals surface area contributed by atoms with Gasteiger partial charge in [0.1, 0.15) is 0 Å². The molecule has 2 aliphatic heterocycles. The molecule has 104 valence electrons. The lowest BCUT2D eigenvalue weighted by Crippen LogP contribution is -2.32. The van der Waals surface area contributed by atoms with E-state index < -0.39 is 0 Å². The molecule has 0 bridgehead atoms. The van der Waals surface area contributed by atoms with Gasteiger partial charge in [0.2, 0.25) is 0 Å². The predicted octanol–water partition coefficient (Wildman–Crippen LogP) is 2.35. The zero-order chi connectivity index (χ0) is 13.1. The second-order valence-corrected chi connectivity index (χ2v) is 5.79. The third-order valence-corrected chi connectivity index (χ3v) is 4.31. The summed E-state index contributed by atoms with van der Waals surface area (Å²) in [4.78, 5) is 11.6. The fourth-order valence-electron chi connectivity index (χ4n) is 3.28. The van der Waals surface area contributed by atoms with Crippen molar-refractivity contribution in [2.45, 2.75) is 38.6 Å². The summed E-state index contributed by atoms with van der Waals surface area (Å²) in [5.41, 5.74) is 2.18. The average molecular weight is 261 g/mol. The standard InChI is InChI=1S/C15H23N3O/c1-12-9-16-10-14(17-12)15-3-2-6-18(15)11-13-4-7-19-8-5-13/h9-10,13,15H,2-8,11H2,1H3/t15-/m1/s1. The predicted molar refractivity (Wildman–Crippen MR) is 73.9 cm³/mol. The summed E-state index contributed by atoms with van der Waals surface area (Å²) >= 11 is 0. The van der Waals surface area contributed by atoms with Crippen molar-refractivity contribution < 1.29 is 4.74 Å². The first-order valence-corrected chi connectivity index (χ1v) is 7.43. The molecular formula is C15H23N3O. The van der Waals surface area contributed by atoms with Gasteiger partial charge in [-0.2, -0.15) is 0 Å². The number of hydrogen-bond acceptors (Lipinski definition) is 4. The molecule has 1 atom stereocenters. The lowest BCUT2D eigenvalue weighted by atomic mass is 9.99. The van der Waals surface area contributed by atoms with Crippen LogP contribution in [-0.4, -0.2) is 41.2 Å². The van der Waals surface area contributed by atoms with Crippen LogP contribution in [0.3, 0.4) is 0 Å². The smallest absolute Gasteiger partial charge is 0.0761 e. The SMILES string of the molecule is Cc1cncc([C@H]2CCCN2CC2CCOCC2)n1. The molecule has 4 nitrogen and oxygen atoms in total. The highest BCUT2D eigenvalue weighted by Gasteiger charge is 2.29. The quantitative estimate of drug-likeness (QED) is 0.837. The topological polar surface area (TPSA) is 38.2 Å². The van der Waals surface area contributed by atoms with Crippen molar-refractivity contribution in [2.75, 3.05) is 26.3 Å². The van der Waals surface area contributed by atoms with Crippen LogP contribution in [0.25, 0.3) is 0 Å². The molecule has 1 aromatic rings. The minimum absolute atomic E-state index is 0.482. The first-order chi connectivity index (χ1) is 9.33. The maximum atomic E-state index is 5.45. The molecule has 3 rings (SSSR count). The molecule has 19 heavy (non-hydrogen) atoms. The second kappa shape index (κ2) is 5.97. The summed E-state index contributed by atoms with van der Waals surface area (Å²) in [6, 6.07) is 0.482. The zero-order valence-corrected chi connectivity index (χ0v) is 11.7.